The summed E-state index contributed by atoms with van der Waals surface area (Å²) >= 11 is 0. The largest absolute Gasteiger partial charge is 0.486 e. The highest BCUT2D eigenvalue weighted by atomic mass is 19.1. The van der Waals surface area contributed by atoms with Crippen molar-refractivity contribution >= 4 is 0 Å². The van der Waals surface area contributed by atoms with E-state index in [9.17, 15) is 4.39 Å². The number of allylic oxidation sites excluding steroid dienone is 1. The SMILES string of the molecule is C/C=C/COc1ccc(CNC(C)(C)C)cc1F. The van der Waals surface area contributed by atoms with Crippen LogP contribution in [0.3, 0.4) is 0 Å². The fourth-order valence-corrected chi connectivity index (χ4v) is 1.37. The van der Waals surface area contributed by atoms with Crippen LogP contribution in [0.5, 0.6) is 5.75 Å². The zero-order chi connectivity index (χ0) is 13.6. The molecule has 0 unspecified atom stereocenters. The van der Waals surface area contributed by atoms with Gasteiger partial charge in [-0.3, -0.25) is 0 Å². The second-order valence-corrected chi connectivity index (χ2v) is 5.25. The van der Waals surface area contributed by atoms with Crippen molar-refractivity contribution in [1.29, 1.82) is 0 Å². The van der Waals surface area contributed by atoms with E-state index in [0.29, 0.717) is 18.9 Å². The fraction of sp³-hybridized carbons (Fsp3) is 0.467. The molecule has 0 spiro atoms. The lowest BCUT2D eigenvalue weighted by molar-refractivity contribution is 0.341. The van der Waals surface area contributed by atoms with Gasteiger partial charge in [0.15, 0.2) is 11.6 Å². The topological polar surface area (TPSA) is 21.3 Å². The molecule has 2 nitrogen and oxygen atoms in total. The molecule has 0 aromatic heterocycles. The van der Waals surface area contributed by atoms with Gasteiger partial charge in [-0.15, -0.1) is 0 Å². The molecule has 100 valence electrons. The molecule has 0 bridgehead atoms. The van der Waals surface area contributed by atoms with E-state index in [2.05, 4.69) is 26.1 Å². The molecule has 0 fully saturated rings. The Morgan fingerprint density at radius 1 is 1.33 bits per heavy atom. The zero-order valence-electron chi connectivity index (χ0n) is 11.6. The Morgan fingerprint density at radius 2 is 2.06 bits per heavy atom. The third-order valence-corrected chi connectivity index (χ3v) is 2.39. The van der Waals surface area contributed by atoms with E-state index >= 15 is 0 Å². The van der Waals surface area contributed by atoms with Crippen molar-refractivity contribution in [3.05, 3.63) is 41.7 Å². The molecule has 0 aliphatic rings. The second-order valence-electron chi connectivity index (χ2n) is 5.25. The monoisotopic (exact) mass is 251 g/mol. The Labute approximate surface area is 109 Å². The summed E-state index contributed by atoms with van der Waals surface area (Å²) in [5.41, 5.74) is 0.943. The number of rotatable bonds is 5. The van der Waals surface area contributed by atoms with Crippen LogP contribution < -0.4 is 10.1 Å². The molecule has 0 aliphatic heterocycles. The first-order valence-electron chi connectivity index (χ1n) is 6.20. The summed E-state index contributed by atoms with van der Waals surface area (Å²) in [7, 11) is 0. The third kappa shape index (κ3) is 5.32. The van der Waals surface area contributed by atoms with E-state index in [-0.39, 0.29) is 11.4 Å². The molecule has 0 heterocycles. The van der Waals surface area contributed by atoms with Gasteiger partial charge in [-0.25, -0.2) is 4.39 Å². The van der Waals surface area contributed by atoms with Gasteiger partial charge in [0.2, 0.25) is 0 Å². The van der Waals surface area contributed by atoms with Crippen LogP contribution in [0.1, 0.15) is 33.3 Å². The van der Waals surface area contributed by atoms with E-state index in [1.54, 1.807) is 6.07 Å². The van der Waals surface area contributed by atoms with Gasteiger partial charge in [0.1, 0.15) is 6.61 Å². The van der Waals surface area contributed by atoms with Crippen molar-refractivity contribution in [2.75, 3.05) is 6.61 Å². The predicted molar refractivity (Wildman–Crippen MR) is 73.3 cm³/mol. The van der Waals surface area contributed by atoms with Crippen molar-refractivity contribution in [1.82, 2.24) is 5.32 Å². The van der Waals surface area contributed by atoms with Gasteiger partial charge in [0.25, 0.3) is 0 Å². The van der Waals surface area contributed by atoms with E-state index in [0.717, 1.165) is 5.56 Å². The molecule has 0 saturated heterocycles. The normalized spacial score (nSPS) is 12.1. The quantitative estimate of drug-likeness (QED) is 0.806. The van der Waals surface area contributed by atoms with E-state index in [1.165, 1.54) is 6.07 Å². The molecule has 0 saturated carbocycles. The Balaban J connectivity index is 2.61. The number of ether oxygens (including phenoxy) is 1. The average Bonchev–Trinajstić information content (AvgIpc) is 2.28. The van der Waals surface area contributed by atoms with Gasteiger partial charge in [-0.1, -0.05) is 18.2 Å². The number of nitrogens with one attached hydrogen (secondary N) is 1. The highest BCUT2D eigenvalue weighted by Crippen LogP contribution is 2.18. The molecule has 1 N–H and O–H groups in total. The summed E-state index contributed by atoms with van der Waals surface area (Å²) in [6.45, 7) is 9.19. The first kappa shape index (κ1) is 14.7. The van der Waals surface area contributed by atoms with Crippen LogP contribution in [0, 0.1) is 5.82 Å². The van der Waals surface area contributed by atoms with Gasteiger partial charge < -0.3 is 10.1 Å². The van der Waals surface area contributed by atoms with Crippen LogP contribution >= 0.6 is 0 Å². The number of halogens is 1. The lowest BCUT2D eigenvalue weighted by Crippen LogP contribution is -2.35. The van der Waals surface area contributed by atoms with Gasteiger partial charge in [-0.05, 0) is 45.4 Å². The Bertz CT molecular complexity index is 407. The summed E-state index contributed by atoms with van der Waals surface area (Å²) in [5, 5.41) is 3.32. The van der Waals surface area contributed by atoms with Crippen molar-refractivity contribution in [2.45, 2.75) is 39.8 Å². The van der Waals surface area contributed by atoms with Gasteiger partial charge >= 0.3 is 0 Å². The molecule has 0 aliphatic carbocycles. The van der Waals surface area contributed by atoms with Crippen LogP contribution in [0.15, 0.2) is 30.4 Å². The van der Waals surface area contributed by atoms with Gasteiger partial charge in [0.05, 0.1) is 0 Å². The molecule has 1 aromatic carbocycles. The first-order valence-corrected chi connectivity index (χ1v) is 6.20. The predicted octanol–water partition coefficient (Wildman–Crippen LogP) is 3.67. The number of hydrogen-bond donors (Lipinski definition) is 1. The first-order chi connectivity index (χ1) is 8.42. The van der Waals surface area contributed by atoms with Crippen molar-refractivity contribution in [3.63, 3.8) is 0 Å². The van der Waals surface area contributed by atoms with Gasteiger partial charge in [0, 0.05) is 12.1 Å². The molecule has 0 radical (unpaired) electrons. The average molecular weight is 251 g/mol. The van der Waals surface area contributed by atoms with E-state index < -0.39 is 0 Å². The van der Waals surface area contributed by atoms with Crippen LogP contribution in [0.4, 0.5) is 4.39 Å². The standard InChI is InChI=1S/C15H22FNO/c1-5-6-9-18-14-8-7-12(10-13(14)16)11-17-15(2,3)4/h5-8,10,17H,9,11H2,1-4H3/b6-5+. The Kier molecular flexibility index (Phi) is 5.35. The number of hydrogen-bond acceptors (Lipinski definition) is 2. The van der Waals surface area contributed by atoms with Crippen molar-refractivity contribution in [3.8, 4) is 5.75 Å². The molecular formula is C15H22FNO. The minimum absolute atomic E-state index is 0.0254. The van der Waals surface area contributed by atoms with Crippen molar-refractivity contribution in [2.24, 2.45) is 0 Å². The maximum Gasteiger partial charge on any atom is 0.165 e. The summed E-state index contributed by atoms with van der Waals surface area (Å²) in [5.74, 6) is -0.0136. The minimum atomic E-state index is -0.312. The van der Waals surface area contributed by atoms with Crippen LogP contribution in [-0.4, -0.2) is 12.1 Å². The fourth-order valence-electron chi connectivity index (χ4n) is 1.37. The number of benzene rings is 1. The van der Waals surface area contributed by atoms with E-state index in [4.69, 9.17) is 4.74 Å². The summed E-state index contributed by atoms with van der Waals surface area (Å²) in [4.78, 5) is 0. The third-order valence-electron chi connectivity index (χ3n) is 2.39. The summed E-state index contributed by atoms with van der Waals surface area (Å²) < 4.78 is 19.0. The molecule has 1 aromatic rings. The lowest BCUT2D eigenvalue weighted by atomic mass is 10.1. The van der Waals surface area contributed by atoms with Gasteiger partial charge in [-0.2, -0.15) is 0 Å². The lowest BCUT2D eigenvalue weighted by Gasteiger charge is -2.20. The minimum Gasteiger partial charge on any atom is -0.486 e. The molecule has 3 heteroatoms. The van der Waals surface area contributed by atoms with Crippen LogP contribution in [0.25, 0.3) is 0 Å². The van der Waals surface area contributed by atoms with Crippen LogP contribution in [-0.2, 0) is 6.54 Å². The molecule has 1 rings (SSSR count). The molecule has 0 atom stereocenters. The highest BCUT2D eigenvalue weighted by molar-refractivity contribution is 5.29. The Morgan fingerprint density at radius 3 is 2.61 bits per heavy atom. The maximum absolute atomic E-state index is 13.7. The Hall–Kier alpha value is -1.35. The summed E-state index contributed by atoms with van der Waals surface area (Å²) in [6.07, 6.45) is 3.72. The second kappa shape index (κ2) is 6.55. The van der Waals surface area contributed by atoms with E-state index in [1.807, 2.05) is 25.1 Å². The smallest absolute Gasteiger partial charge is 0.165 e. The van der Waals surface area contributed by atoms with Crippen molar-refractivity contribution < 1.29 is 9.13 Å². The maximum atomic E-state index is 13.7. The highest BCUT2D eigenvalue weighted by Gasteiger charge is 2.10. The molecule has 18 heavy (non-hydrogen) atoms. The molecular weight excluding hydrogens is 229 g/mol. The molecule has 0 amide bonds. The summed E-state index contributed by atoms with van der Waals surface area (Å²) in [6, 6.07) is 5.08. The zero-order valence-corrected chi connectivity index (χ0v) is 11.6. The van der Waals surface area contributed by atoms with Crippen LogP contribution in [0.2, 0.25) is 0 Å².